The third-order valence-corrected chi connectivity index (χ3v) is 14.0. The third kappa shape index (κ3) is 5.57. The summed E-state index contributed by atoms with van der Waals surface area (Å²) in [6.45, 7) is 7.94. The van der Waals surface area contributed by atoms with E-state index >= 15 is 0 Å². The number of fused-ring (bicyclic) bond motifs is 2. The first-order chi connectivity index (χ1) is 26.6. The minimum Gasteiger partial charge on any atom is -0.481 e. The average molecular weight is 780 g/mol. The molecule has 4 aliphatic heterocycles. The van der Waals surface area contributed by atoms with Gasteiger partial charge in [0, 0.05) is 115 Å². The highest BCUT2D eigenvalue weighted by Gasteiger charge is 2.55. The topological polar surface area (TPSA) is 100 Å². The number of halogens is 2. The number of likely N-dealkylation sites (tertiary alicyclic amines) is 3. The maximum absolute atomic E-state index is 11.9. The quantitative estimate of drug-likeness (QED) is 0.220. The van der Waals surface area contributed by atoms with Crippen LogP contribution < -0.4 is 14.8 Å². The highest BCUT2D eigenvalue weighted by atomic mass is 35.5. The molecule has 6 heterocycles. The number of hydrogen-bond acceptors (Lipinski definition) is 8. The Morgan fingerprint density at radius 3 is 1.65 bits per heavy atom. The van der Waals surface area contributed by atoms with E-state index in [2.05, 4.69) is 27.2 Å². The van der Waals surface area contributed by atoms with Crippen LogP contribution >= 0.6 is 23.2 Å². The SMILES string of the molecule is COc1nc(-c2cccc(-c3cccc(-c4cc5c(c(OC)n4)[C@@H](N4CC6(CNC(=O)C6)C4)CC5)c3Cl)c2Cl)cc2c1[C@H](N1CC3(CN(C(C)=O)C3)C1)CC2. The molecule has 2 atom stereocenters. The van der Waals surface area contributed by atoms with Crippen LogP contribution in [0.5, 0.6) is 11.8 Å². The Morgan fingerprint density at radius 1 is 0.745 bits per heavy atom. The Bertz CT molecular complexity index is 2280. The number of amides is 2. The number of methoxy groups -OCH3 is 2. The second-order valence-electron chi connectivity index (χ2n) is 16.8. The molecule has 2 amide bonds. The van der Waals surface area contributed by atoms with Crippen LogP contribution in [0, 0.1) is 10.8 Å². The zero-order valence-electron chi connectivity index (χ0n) is 31.4. The molecule has 4 fully saturated rings. The van der Waals surface area contributed by atoms with Crippen molar-refractivity contribution < 1.29 is 19.1 Å². The number of rotatable bonds is 7. The number of carbonyl (C=O) groups excluding carboxylic acids is 2. The normalized spacial score (nSPS) is 23.2. The van der Waals surface area contributed by atoms with E-state index in [9.17, 15) is 9.59 Å². The second kappa shape index (κ2) is 12.9. The molecule has 0 unspecified atom stereocenters. The molecule has 1 N–H and O–H groups in total. The van der Waals surface area contributed by atoms with Gasteiger partial charge in [0.15, 0.2) is 0 Å². The van der Waals surface area contributed by atoms with E-state index in [0.29, 0.717) is 28.2 Å². The number of carbonyl (C=O) groups is 2. The summed E-state index contributed by atoms with van der Waals surface area (Å²) < 4.78 is 11.9. The van der Waals surface area contributed by atoms with Crippen LogP contribution in [0.3, 0.4) is 0 Å². The maximum atomic E-state index is 11.9. The molecular formula is C43H44Cl2N6O4. The summed E-state index contributed by atoms with van der Waals surface area (Å²) in [5.74, 6) is 1.60. The summed E-state index contributed by atoms with van der Waals surface area (Å²) in [6.07, 6.45) is 4.48. The first-order valence-corrected chi connectivity index (χ1v) is 20.1. The van der Waals surface area contributed by atoms with Gasteiger partial charge in [0.2, 0.25) is 23.6 Å². The third-order valence-electron chi connectivity index (χ3n) is 13.2. The molecule has 0 radical (unpaired) electrons. The summed E-state index contributed by atoms with van der Waals surface area (Å²) >= 11 is 14.6. The lowest BCUT2D eigenvalue weighted by Gasteiger charge is -2.61. The summed E-state index contributed by atoms with van der Waals surface area (Å²) in [5, 5.41) is 4.16. The van der Waals surface area contributed by atoms with E-state index < -0.39 is 0 Å². The van der Waals surface area contributed by atoms with Gasteiger partial charge in [-0.3, -0.25) is 19.4 Å². The molecule has 2 aromatic carbocycles. The molecule has 0 bridgehead atoms. The Hall–Kier alpha value is -4.22. The number of nitrogens with one attached hydrogen (secondary N) is 1. The van der Waals surface area contributed by atoms with Gasteiger partial charge < -0.3 is 19.7 Å². The van der Waals surface area contributed by atoms with Crippen LogP contribution in [0.2, 0.25) is 10.0 Å². The minimum absolute atomic E-state index is 0.0639. The van der Waals surface area contributed by atoms with Crippen LogP contribution in [0.1, 0.15) is 60.5 Å². The number of nitrogens with zero attached hydrogens (tertiary/aromatic N) is 5. The van der Waals surface area contributed by atoms with E-state index in [0.717, 1.165) is 111 Å². The molecule has 10 nitrogen and oxygen atoms in total. The Kier molecular flexibility index (Phi) is 8.27. The van der Waals surface area contributed by atoms with Gasteiger partial charge >= 0.3 is 0 Å². The zero-order chi connectivity index (χ0) is 37.8. The lowest BCUT2D eigenvalue weighted by molar-refractivity contribution is -0.161. The molecule has 284 valence electrons. The van der Waals surface area contributed by atoms with Gasteiger partial charge in [0.05, 0.1) is 35.7 Å². The van der Waals surface area contributed by atoms with Crippen molar-refractivity contribution in [3.8, 4) is 45.4 Å². The van der Waals surface area contributed by atoms with Gasteiger partial charge in [0.1, 0.15) is 0 Å². The summed E-state index contributed by atoms with van der Waals surface area (Å²) in [6, 6.07) is 16.8. The van der Waals surface area contributed by atoms with Crippen molar-refractivity contribution in [2.24, 2.45) is 10.8 Å². The van der Waals surface area contributed by atoms with E-state index in [1.54, 1.807) is 21.1 Å². The summed E-state index contributed by atoms with van der Waals surface area (Å²) in [4.78, 5) is 40.8. The molecule has 55 heavy (non-hydrogen) atoms. The second-order valence-corrected chi connectivity index (χ2v) is 17.5. The van der Waals surface area contributed by atoms with Crippen LogP contribution in [-0.2, 0) is 22.4 Å². The first kappa shape index (κ1) is 35.2. The standard InChI is InChI=1S/C43H44Cl2N6O4/c1-24(52)49-20-43(21-49)22-51(23-43)34-13-11-26-15-32(48-41(55-3)37(26)34)30-9-5-7-28(39(30)45)27-6-4-8-29(38(27)44)31-14-25-10-12-33(36(25)40(47-31)54-2)50-18-42(19-50)16-35(53)46-17-42/h4-9,14-15,33-34H,10-13,16-23H2,1-3H3,(H,46,53)/t33-,34+/m0/s1. The lowest BCUT2D eigenvalue weighted by Crippen LogP contribution is -2.72. The molecule has 2 aromatic heterocycles. The van der Waals surface area contributed by atoms with E-state index in [1.807, 2.05) is 41.3 Å². The van der Waals surface area contributed by atoms with E-state index in [4.69, 9.17) is 42.6 Å². The molecule has 12 heteroatoms. The fourth-order valence-corrected chi connectivity index (χ4v) is 11.2. The van der Waals surface area contributed by atoms with E-state index in [1.165, 1.54) is 16.7 Å². The predicted octanol–water partition coefficient (Wildman–Crippen LogP) is 6.76. The van der Waals surface area contributed by atoms with Crippen molar-refractivity contribution in [2.45, 2.75) is 51.1 Å². The molecule has 0 saturated carbocycles. The summed E-state index contributed by atoms with van der Waals surface area (Å²) in [7, 11) is 3.38. The number of hydrogen-bond donors (Lipinski definition) is 1. The first-order valence-electron chi connectivity index (χ1n) is 19.3. The van der Waals surface area contributed by atoms with Gasteiger partial charge in [0.25, 0.3) is 0 Å². The fraction of sp³-hybridized carbons (Fsp3) is 0.442. The molecule has 10 rings (SSSR count). The number of ether oxygens (including phenoxy) is 2. The average Bonchev–Trinajstić information content (AvgIpc) is 3.86. The Morgan fingerprint density at radius 2 is 1.22 bits per heavy atom. The van der Waals surface area contributed by atoms with Crippen molar-refractivity contribution in [2.75, 3.05) is 60.0 Å². The fourth-order valence-electron chi connectivity index (χ4n) is 10.6. The number of pyridine rings is 2. The van der Waals surface area contributed by atoms with Crippen molar-refractivity contribution >= 4 is 35.0 Å². The molecular weight excluding hydrogens is 735 g/mol. The Balaban J connectivity index is 0.923. The predicted molar refractivity (Wildman–Crippen MR) is 211 cm³/mol. The molecule has 4 aromatic rings. The molecule has 2 aliphatic carbocycles. The van der Waals surface area contributed by atoms with Crippen molar-refractivity contribution in [3.05, 3.63) is 80.8 Å². The van der Waals surface area contributed by atoms with Gasteiger partial charge in [-0.05, 0) is 48.9 Å². The van der Waals surface area contributed by atoms with Crippen molar-refractivity contribution in [1.29, 1.82) is 0 Å². The minimum atomic E-state index is 0.0639. The van der Waals surface area contributed by atoms with Crippen LogP contribution in [-0.4, -0.2) is 96.5 Å². The smallest absolute Gasteiger partial charge is 0.220 e. The highest BCUT2D eigenvalue weighted by Crippen LogP contribution is 2.52. The van der Waals surface area contributed by atoms with Gasteiger partial charge in [-0.1, -0.05) is 59.6 Å². The maximum Gasteiger partial charge on any atom is 0.220 e. The van der Waals surface area contributed by atoms with Gasteiger partial charge in [-0.2, -0.15) is 0 Å². The van der Waals surface area contributed by atoms with Crippen LogP contribution in [0.4, 0.5) is 0 Å². The van der Waals surface area contributed by atoms with Crippen molar-refractivity contribution in [1.82, 2.24) is 30.0 Å². The van der Waals surface area contributed by atoms with Gasteiger partial charge in [-0.15, -0.1) is 0 Å². The number of aryl methyl sites for hydroxylation is 2. The van der Waals surface area contributed by atoms with Crippen LogP contribution in [0.25, 0.3) is 33.6 Å². The zero-order valence-corrected chi connectivity index (χ0v) is 32.9. The van der Waals surface area contributed by atoms with Gasteiger partial charge in [-0.25, -0.2) is 9.97 Å². The van der Waals surface area contributed by atoms with E-state index in [-0.39, 0.29) is 34.7 Å². The lowest BCUT2D eigenvalue weighted by atomic mass is 9.72. The number of benzene rings is 2. The number of aromatic nitrogens is 2. The highest BCUT2D eigenvalue weighted by molar-refractivity contribution is 6.39. The molecule has 6 aliphatic rings. The molecule has 2 spiro atoms. The van der Waals surface area contributed by atoms with Crippen LogP contribution in [0.15, 0.2) is 48.5 Å². The Labute approximate surface area is 331 Å². The molecule has 4 saturated heterocycles. The summed E-state index contributed by atoms with van der Waals surface area (Å²) in [5.41, 5.74) is 9.90. The monoisotopic (exact) mass is 778 g/mol. The largest absolute Gasteiger partial charge is 0.481 e. The van der Waals surface area contributed by atoms with Crippen molar-refractivity contribution in [3.63, 3.8) is 0 Å².